The van der Waals surface area contributed by atoms with Gasteiger partial charge in [-0.25, -0.2) is 14.6 Å². The quantitative estimate of drug-likeness (QED) is 0.490. The number of pyridine rings is 1. The molecule has 0 saturated heterocycles. The second-order valence-corrected chi connectivity index (χ2v) is 7.23. The number of hydrogen-bond acceptors (Lipinski definition) is 5. The zero-order valence-electron chi connectivity index (χ0n) is 16.7. The normalized spacial score (nSPS) is 13.2. The lowest BCUT2D eigenvalue weighted by atomic mass is 10.1. The molecule has 0 radical (unpaired) electrons. The molecular formula is C23H18N4O3. The number of benzene rings is 2. The van der Waals surface area contributed by atoms with E-state index in [-0.39, 0.29) is 11.5 Å². The molecule has 0 spiro atoms. The van der Waals surface area contributed by atoms with Crippen molar-refractivity contribution in [3.63, 3.8) is 0 Å². The molecule has 0 unspecified atom stereocenters. The molecule has 2 aromatic heterocycles. The summed E-state index contributed by atoms with van der Waals surface area (Å²) in [5.74, 6) is -0.119. The fourth-order valence-electron chi connectivity index (χ4n) is 3.87. The van der Waals surface area contributed by atoms with Crippen molar-refractivity contribution in [3.05, 3.63) is 77.1 Å². The van der Waals surface area contributed by atoms with Gasteiger partial charge in [0.15, 0.2) is 5.65 Å². The molecular weight excluding hydrogens is 380 g/mol. The number of hydrogen-bond donors (Lipinski definition) is 0. The number of aromatic nitrogens is 3. The van der Waals surface area contributed by atoms with Gasteiger partial charge < -0.3 is 4.74 Å². The number of methoxy groups -OCH3 is 1. The standard InChI is InChI=1S/C23H18N4O3/c1-13-5-4-6-16(11-13)27-21-19(14(2)25-27)20-18(12-24-21)22(28)26(23(20)29)15-7-9-17(30-3)10-8-15/h4-12H,1-3H3. The summed E-state index contributed by atoms with van der Waals surface area (Å²) in [5.41, 5.74) is 4.26. The number of anilines is 1. The average Bonchev–Trinajstić information content (AvgIpc) is 3.22. The number of carbonyl (C=O) groups excluding carboxylic acids is 2. The van der Waals surface area contributed by atoms with Crippen LogP contribution in [0.15, 0.2) is 54.7 Å². The maximum Gasteiger partial charge on any atom is 0.267 e. The van der Waals surface area contributed by atoms with E-state index in [0.717, 1.165) is 11.3 Å². The number of rotatable bonds is 3. The molecule has 0 aliphatic carbocycles. The first-order valence-corrected chi connectivity index (χ1v) is 9.48. The highest BCUT2D eigenvalue weighted by Gasteiger charge is 2.40. The Morgan fingerprint density at radius 3 is 2.40 bits per heavy atom. The molecule has 0 fully saturated rings. The van der Waals surface area contributed by atoms with Crippen LogP contribution in [0.5, 0.6) is 5.75 Å². The van der Waals surface area contributed by atoms with Crippen LogP contribution in [0.3, 0.4) is 0 Å². The van der Waals surface area contributed by atoms with E-state index in [0.29, 0.717) is 33.7 Å². The van der Waals surface area contributed by atoms with Crippen molar-refractivity contribution in [1.82, 2.24) is 14.8 Å². The van der Waals surface area contributed by atoms with E-state index in [1.54, 1.807) is 36.1 Å². The number of imide groups is 1. The number of aryl methyl sites for hydroxylation is 2. The number of fused-ring (bicyclic) bond motifs is 3. The molecule has 0 bridgehead atoms. The second kappa shape index (κ2) is 6.52. The van der Waals surface area contributed by atoms with Gasteiger partial charge in [0.1, 0.15) is 5.75 Å². The van der Waals surface area contributed by atoms with Gasteiger partial charge in [0, 0.05) is 6.20 Å². The maximum atomic E-state index is 13.3. The van der Waals surface area contributed by atoms with E-state index in [1.807, 2.05) is 38.1 Å². The van der Waals surface area contributed by atoms with Crippen LogP contribution in [0.2, 0.25) is 0 Å². The zero-order valence-corrected chi connectivity index (χ0v) is 16.7. The highest BCUT2D eigenvalue weighted by molar-refractivity contribution is 6.37. The van der Waals surface area contributed by atoms with E-state index in [1.165, 1.54) is 11.1 Å². The highest BCUT2D eigenvalue weighted by Crippen LogP contribution is 2.35. The highest BCUT2D eigenvalue weighted by atomic mass is 16.5. The minimum Gasteiger partial charge on any atom is -0.497 e. The van der Waals surface area contributed by atoms with Gasteiger partial charge in [-0.05, 0) is 55.8 Å². The Labute approximate surface area is 172 Å². The van der Waals surface area contributed by atoms with Crippen LogP contribution in [0.25, 0.3) is 16.7 Å². The predicted molar refractivity (Wildman–Crippen MR) is 112 cm³/mol. The van der Waals surface area contributed by atoms with Crippen molar-refractivity contribution in [2.45, 2.75) is 13.8 Å². The van der Waals surface area contributed by atoms with Crippen LogP contribution in [0.1, 0.15) is 32.0 Å². The summed E-state index contributed by atoms with van der Waals surface area (Å²) in [7, 11) is 1.56. The topological polar surface area (TPSA) is 77.3 Å². The molecule has 7 nitrogen and oxygen atoms in total. The Balaban J connectivity index is 1.68. The molecule has 0 N–H and O–H groups in total. The van der Waals surface area contributed by atoms with Gasteiger partial charge in [-0.2, -0.15) is 5.10 Å². The van der Waals surface area contributed by atoms with Gasteiger partial charge in [-0.3, -0.25) is 9.59 Å². The first-order valence-electron chi connectivity index (χ1n) is 9.48. The van der Waals surface area contributed by atoms with Gasteiger partial charge in [-0.15, -0.1) is 0 Å². The first-order chi connectivity index (χ1) is 14.5. The van der Waals surface area contributed by atoms with Crippen molar-refractivity contribution < 1.29 is 14.3 Å². The molecule has 1 aliphatic heterocycles. The lowest BCUT2D eigenvalue weighted by Gasteiger charge is -2.14. The van der Waals surface area contributed by atoms with Gasteiger partial charge >= 0.3 is 0 Å². The first kappa shape index (κ1) is 18.1. The van der Waals surface area contributed by atoms with Crippen molar-refractivity contribution in [3.8, 4) is 11.4 Å². The van der Waals surface area contributed by atoms with Crippen LogP contribution in [-0.4, -0.2) is 33.7 Å². The summed E-state index contributed by atoms with van der Waals surface area (Å²) in [6.07, 6.45) is 1.47. The molecule has 1 aliphatic rings. The molecule has 0 atom stereocenters. The number of ether oxygens (including phenoxy) is 1. The van der Waals surface area contributed by atoms with E-state index >= 15 is 0 Å². The third-order valence-electron chi connectivity index (χ3n) is 5.30. The minimum absolute atomic E-state index is 0.287. The van der Waals surface area contributed by atoms with Gasteiger partial charge in [0.25, 0.3) is 11.8 Å². The SMILES string of the molecule is COc1ccc(N2C(=O)c3cnc4c(c(C)nn4-c4cccc(C)c4)c3C2=O)cc1. The van der Waals surface area contributed by atoms with Crippen LogP contribution >= 0.6 is 0 Å². The van der Waals surface area contributed by atoms with Crippen LogP contribution < -0.4 is 9.64 Å². The summed E-state index contributed by atoms with van der Waals surface area (Å²) >= 11 is 0. The van der Waals surface area contributed by atoms with E-state index in [4.69, 9.17) is 4.74 Å². The lowest BCUT2D eigenvalue weighted by Crippen LogP contribution is -2.29. The molecule has 148 valence electrons. The third kappa shape index (κ3) is 2.52. The van der Waals surface area contributed by atoms with E-state index < -0.39 is 5.91 Å². The Hall–Kier alpha value is -4.00. The van der Waals surface area contributed by atoms with Crippen molar-refractivity contribution in [1.29, 1.82) is 0 Å². The fraction of sp³-hybridized carbons (Fsp3) is 0.130. The van der Waals surface area contributed by atoms with Crippen molar-refractivity contribution in [2.75, 3.05) is 12.0 Å². The van der Waals surface area contributed by atoms with Crippen molar-refractivity contribution >= 4 is 28.5 Å². The summed E-state index contributed by atoms with van der Waals surface area (Å²) in [6.45, 7) is 3.83. The average molecular weight is 398 g/mol. The molecule has 0 saturated carbocycles. The fourth-order valence-corrected chi connectivity index (χ4v) is 3.87. The Morgan fingerprint density at radius 2 is 1.70 bits per heavy atom. The van der Waals surface area contributed by atoms with Crippen LogP contribution in [0.4, 0.5) is 5.69 Å². The maximum absolute atomic E-state index is 13.3. The van der Waals surface area contributed by atoms with Gasteiger partial charge in [0.05, 0.1) is 40.7 Å². The van der Waals surface area contributed by atoms with E-state index in [9.17, 15) is 9.59 Å². The minimum atomic E-state index is -0.391. The monoisotopic (exact) mass is 398 g/mol. The largest absolute Gasteiger partial charge is 0.497 e. The predicted octanol–water partition coefficient (Wildman–Crippen LogP) is 3.85. The lowest BCUT2D eigenvalue weighted by molar-refractivity contribution is 0.0926. The third-order valence-corrected chi connectivity index (χ3v) is 5.30. The number of carbonyl (C=O) groups is 2. The van der Waals surface area contributed by atoms with Crippen LogP contribution in [0, 0.1) is 13.8 Å². The molecule has 2 aromatic carbocycles. The molecule has 4 aromatic rings. The number of amides is 2. The zero-order chi connectivity index (χ0) is 21.0. The second-order valence-electron chi connectivity index (χ2n) is 7.23. The molecule has 7 heteroatoms. The molecule has 5 rings (SSSR count). The summed E-state index contributed by atoms with van der Waals surface area (Å²) in [4.78, 5) is 32.1. The molecule has 2 amide bonds. The van der Waals surface area contributed by atoms with Gasteiger partial charge in [-0.1, -0.05) is 12.1 Å². The summed E-state index contributed by atoms with van der Waals surface area (Å²) in [6, 6.07) is 14.7. The Morgan fingerprint density at radius 1 is 0.933 bits per heavy atom. The molecule has 30 heavy (non-hydrogen) atoms. The smallest absolute Gasteiger partial charge is 0.267 e. The Kier molecular flexibility index (Phi) is 3.92. The van der Waals surface area contributed by atoms with Crippen molar-refractivity contribution in [2.24, 2.45) is 0 Å². The molecule has 3 heterocycles. The summed E-state index contributed by atoms with van der Waals surface area (Å²) < 4.78 is 6.88. The van der Waals surface area contributed by atoms with Gasteiger partial charge in [0.2, 0.25) is 0 Å². The Bertz CT molecular complexity index is 1340. The van der Waals surface area contributed by atoms with E-state index in [2.05, 4.69) is 10.1 Å². The number of nitrogens with zero attached hydrogens (tertiary/aromatic N) is 4. The van der Waals surface area contributed by atoms with Crippen LogP contribution in [-0.2, 0) is 0 Å². The summed E-state index contributed by atoms with van der Waals surface area (Å²) in [5, 5.41) is 5.21.